The van der Waals surface area contributed by atoms with Crippen molar-refractivity contribution in [2.45, 2.75) is 18.4 Å². The summed E-state index contributed by atoms with van der Waals surface area (Å²) in [7, 11) is 1.64. The molecule has 0 amide bonds. The summed E-state index contributed by atoms with van der Waals surface area (Å²) < 4.78 is 6.42. The van der Waals surface area contributed by atoms with Crippen LogP contribution in [0.4, 0.5) is 5.69 Å². The SMILES string of the molecule is COc1ccccc1NC1(C#N)CCc2cc(Br)ccc21. The van der Waals surface area contributed by atoms with E-state index in [-0.39, 0.29) is 0 Å². The highest BCUT2D eigenvalue weighted by Crippen LogP contribution is 2.41. The number of hydrogen-bond donors (Lipinski definition) is 1. The summed E-state index contributed by atoms with van der Waals surface area (Å²) >= 11 is 3.49. The second kappa shape index (κ2) is 5.42. The van der Waals surface area contributed by atoms with Crippen LogP contribution in [0.1, 0.15) is 17.5 Å². The van der Waals surface area contributed by atoms with Crippen molar-refractivity contribution in [2.75, 3.05) is 12.4 Å². The maximum absolute atomic E-state index is 9.79. The maximum atomic E-state index is 9.79. The van der Waals surface area contributed by atoms with Gasteiger partial charge >= 0.3 is 0 Å². The minimum atomic E-state index is -0.690. The van der Waals surface area contributed by atoms with E-state index in [4.69, 9.17) is 4.74 Å². The van der Waals surface area contributed by atoms with Crippen molar-refractivity contribution in [3.05, 3.63) is 58.1 Å². The highest BCUT2D eigenvalue weighted by Gasteiger charge is 2.39. The van der Waals surface area contributed by atoms with Crippen LogP contribution >= 0.6 is 15.9 Å². The van der Waals surface area contributed by atoms with Crippen LogP contribution in [0.5, 0.6) is 5.75 Å². The highest BCUT2D eigenvalue weighted by molar-refractivity contribution is 9.10. The van der Waals surface area contributed by atoms with Gasteiger partial charge in [-0.05, 0) is 48.2 Å². The molecule has 1 aliphatic carbocycles. The molecule has 1 aliphatic rings. The minimum absolute atomic E-state index is 0.690. The number of halogens is 1. The zero-order valence-corrected chi connectivity index (χ0v) is 13.3. The van der Waals surface area contributed by atoms with Gasteiger partial charge in [-0.2, -0.15) is 5.26 Å². The lowest BCUT2D eigenvalue weighted by Gasteiger charge is -2.26. The van der Waals surface area contributed by atoms with Gasteiger partial charge in [-0.15, -0.1) is 0 Å². The zero-order valence-electron chi connectivity index (χ0n) is 11.7. The topological polar surface area (TPSA) is 45.0 Å². The fraction of sp³-hybridized carbons (Fsp3) is 0.235. The van der Waals surface area contributed by atoms with Crippen LogP contribution < -0.4 is 10.1 Å². The van der Waals surface area contributed by atoms with Crippen LogP contribution in [-0.2, 0) is 12.0 Å². The normalized spacial score (nSPS) is 19.7. The predicted octanol–water partition coefficient (Wildman–Crippen LogP) is 4.23. The Bertz CT molecular complexity index is 723. The molecule has 0 saturated carbocycles. The van der Waals surface area contributed by atoms with Crippen molar-refractivity contribution in [1.82, 2.24) is 0 Å². The summed E-state index contributed by atoms with van der Waals surface area (Å²) in [4.78, 5) is 0. The highest BCUT2D eigenvalue weighted by atomic mass is 79.9. The van der Waals surface area contributed by atoms with Crippen LogP contribution in [0.15, 0.2) is 46.9 Å². The second-order valence-electron chi connectivity index (χ2n) is 5.14. The molecule has 0 bridgehead atoms. The van der Waals surface area contributed by atoms with Gasteiger partial charge in [-0.25, -0.2) is 0 Å². The Hall–Kier alpha value is -1.99. The van der Waals surface area contributed by atoms with E-state index in [2.05, 4.69) is 33.4 Å². The van der Waals surface area contributed by atoms with Crippen molar-refractivity contribution in [3.8, 4) is 11.8 Å². The maximum Gasteiger partial charge on any atom is 0.151 e. The first kappa shape index (κ1) is 14.0. The van der Waals surface area contributed by atoms with E-state index in [9.17, 15) is 5.26 Å². The summed E-state index contributed by atoms with van der Waals surface area (Å²) in [6.45, 7) is 0. The molecule has 4 heteroatoms. The lowest BCUT2D eigenvalue weighted by atomic mass is 9.93. The molecule has 0 aromatic heterocycles. The molecule has 3 nitrogen and oxygen atoms in total. The molecule has 0 saturated heterocycles. The molecule has 2 aromatic rings. The number of para-hydroxylation sites is 2. The molecular weight excluding hydrogens is 328 g/mol. The molecule has 0 fully saturated rings. The Morgan fingerprint density at radius 2 is 2.10 bits per heavy atom. The number of nitrogens with one attached hydrogen (secondary N) is 1. The number of rotatable bonds is 3. The third-order valence-electron chi connectivity index (χ3n) is 3.94. The number of nitriles is 1. The van der Waals surface area contributed by atoms with E-state index < -0.39 is 5.54 Å². The monoisotopic (exact) mass is 342 g/mol. The van der Waals surface area contributed by atoms with E-state index in [1.807, 2.05) is 36.4 Å². The summed E-state index contributed by atoms with van der Waals surface area (Å²) in [5.41, 5.74) is 2.43. The van der Waals surface area contributed by atoms with E-state index in [0.29, 0.717) is 0 Å². The standard InChI is InChI=1S/C17H15BrN2O/c1-21-16-5-3-2-4-15(16)20-17(11-19)9-8-12-10-13(18)6-7-14(12)17/h2-7,10,20H,8-9H2,1H3. The van der Waals surface area contributed by atoms with Crippen molar-refractivity contribution in [1.29, 1.82) is 5.26 Å². The molecule has 0 spiro atoms. The van der Waals surface area contributed by atoms with Gasteiger partial charge in [0.1, 0.15) is 5.75 Å². The summed E-state index contributed by atoms with van der Waals surface area (Å²) in [6, 6.07) is 16.3. The van der Waals surface area contributed by atoms with E-state index in [0.717, 1.165) is 34.3 Å². The van der Waals surface area contributed by atoms with Crippen LogP contribution in [-0.4, -0.2) is 7.11 Å². The summed E-state index contributed by atoms with van der Waals surface area (Å²) in [5.74, 6) is 0.748. The molecule has 1 N–H and O–H groups in total. The van der Waals surface area contributed by atoms with E-state index in [1.165, 1.54) is 5.56 Å². The Balaban J connectivity index is 2.03. The number of anilines is 1. The van der Waals surface area contributed by atoms with Crippen molar-refractivity contribution < 1.29 is 4.74 Å². The van der Waals surface area contributed by atoms with Gasteiger partial charge in [0.2, 0.25) is 0 Å². The van der Waals surface area contributed by atoms with Gasteiger partial charge in [0, 0.05) is 4.47 Å². The Labute approximate surface area is 132 Å². The van der Waals surface area contributed by atoms with Gasteiger partial charge in [0.05, 0.1) is 18.9 Å². The molecule has 0 heterocycles. The lowest BCUT2D eigenvalue weighted by molar-refractivity contribution is 0.415. The molecule has 0 aliphatic heterocycles. The minimum Gasteiger partial charge on any atom is -0.495 e. The van der Waals surface area contributed by atoms with E-state index in [1.54, 1.807) is 7.11 Å². The molecule has 106 valence electrons. The van der Waals surface area contributed by atoms with Gasteiger partial charge in [0.15, 0.2) is 5.54 Å². The van der Waals surface area contributed by atoms with Crippen LogP contribution in [0, 0.1) is 11.3 Å². The fourth-order valence-electron chi connectivity index (χ4n) is 2.89. The number of methoxy groups -OCH3 is 1. The molecular formula is C17H15BrN2O. The Morgan fingerprint density at radius 3 is 2.86 bits per heavy atom. The number of benzene rings is 2. The molecule has 1 unspecified atom stereocenters. The molecule has 0 radical (unpaired) electrons. The van der Waals surface area contributed by atoms with E-state index >= 15 is 0 Å². The number of aryl methyl sites for hydroxylation is 1. The predicted molar refractivity (Wildman–Crippen MR) is 86.4 cm³/mol. The average Bonchev–Trinajstić information content (AvgIpc) is 2.86. The second-order valence-corrected chi connectivity index (χ2v) is 6.06. The zero-order chi connectivity index (χ0) is 14.9. The Kier molecular flexibility index (Phi) is 3.60. The number of fused-ring (bicyclic) bond motifs is 1. The first-order valence-corrected chi connectivity index (χ1v) is 7.59. The third-order valence-corrected chi connectivity index (χ3v) is 4.44. The first-order valence-electron chi connectivity index (χ1n) is 6.80. The summed E-state index contributed by atoms with van der Waals surface area (Å²) in [5, 5.41) is 13.2. The molecule has 3 rings (SSSR count). The largest absolute Gasteiger partial charge is 0.495 e. The van der Waals surface area contributed by atoms with Gasteiger partial charge in [-0.1, -0.05) is 34.1 Å². The number of hydrogen-bond acceptors (Lipinski definition) is 3. The van der Waals surface area contributed by atoms with Gasteiger partial charge in [-0.3, -0.25) is 0 Å². The van der Waals surface area contributed by atoms with Crippen molar-refractivity contribution >= 4 is 21.6 Å². The quantitative estimate of drug-likeness (QED) is 0.907. The molecule has 2 aromatic carbocycles. The third kappa shape index (κ3) is 2.38. The van der Waals surface area contributed by atoms with Gasteiger partial charge < -0.3 is 10.1 Å². The average molecular weight is 343 g/mol. The first-order chi connectivity index (χ1) is 10.2. The Morgan fingerprint density at radius 1 is 1.29 bits per heavy atom. The number of nitrogens with zero attached hydrogens (tertiary/aromatic N) is 1. The number of ether oxygens (including phenoxy) is 1. The van der Waals surface area contributed by atoms with Crippen molar-refractivity contribution in [2.24, 2.45) is 0 Å². The smallest absolute Gasteiger partial charge is 0.151 e. The van der Waals surface area contributed by atoms with Crippen LogP contribution in [0.2, 0.25) is 0 Å². The lowest BCUT2D eigenvalue weighted by Crippen LogP contribution is -2.31. The summed E-state index contributed by atoms with van der Waals surface area (Å²) in [6.07, 6.45) is 1.65. The molecule has 21 heavy (non-hydrogen) atoms. The molecule has 1 atom stereocenters. The van der Waals surface area contributed by atoms with Crippen LogP contribution in [0.25, 0.3) is 0 Å². The van der Waals surface area contributed by atoms with Crippen LogP contribution in [0.3, 0.4) is 0 Å². The fourth-order valence-corrected chi connectivity index (χ4v) is 3.30. The van der Waals surface area contributed by atoms with Crippen molar-refractivity contribution in [3.63, 3.8) is 0 Å². The van der Waals surface area contributed by atoms with Gasteiger partial charge in [0.25, 0.3) is 0 Å².